The summed E-state index contributed by atoms with van der Waals surface area (Å²) < 4.78 is 2.73. The molecule has 1 N–H and O–H groups in total. The molecule has 1 amide bonds. The van der Waals surface area contributed by atoms with Gasteiger partial charge in [0.25, 0.3) is 0 Å². The van der Waals surface area contributed by atoms with E-state index in [4.69, 9.17) is 0 Å². The molecule has 8 heteroatoms. The molecule has 1 atom stereocenters. The van der Waals surface area contributed by atoms with Crippen molar-refractivity contribution in [1.29, 1.82) is 0 Å². The lowest BCUT2D eigenvalue weighted by Crippen LogP contribution is -2.36. The molecule has 0 fully saturated rings. The Balaban J connectivity index is 1.53. The summed E-state index contributed by atoms with van der Waals surface area (Å²) in [6.45, 7) is 3.67. The third kappa shape index (κ3) is 3.44. The van der Waals surface area contributed by atoms with Crippen molar-refractivity contribution >= 4 is 17.2 Å². The van der Waals surface area contributed by atoms with E-state index in [2.05, 4.69) is 15.4 Å². The zero-order valence-corrected chi connectivity index (χ0v) is 16.1. The largest absolute Gasteiger partial charge is 0.351 e. The molecule has 1 aliphatic rings. The van der Waals surface area contributed by atoms with E-state index >= 15 is 0 Å². The Morgan fingerprint density at radius 2 is 2.07 bits per heavy atom. The molecule has 0 radical (unpaired) electrons. The van der Waals surface area contributed by atoms with Gasteiger partial charge in [-0.3, -0.25) is 9.36 Å². The molecule has 7 nitrogen and oxygen atoms in total. The van der Waals surface area contributed by atoms with E-state index in [1.807, 2.05) is 37.3 Å². The van der Waals surface area contributed by atoms with Crippen LogP contribution in [0.5, 0.6) is 0 Å². The van der Waals surface area contributed by atoms with Gasteiger partial charge in [0.1, 0.15) is 12.4 Å². The average molecular weight is 383 g/mol. The number of aryl methyl sites for hydroxylation is 3. The molecule has 2 aromatic heterocycles. The van der Waals surface area contributed by atoms with E-state index < -0.39 is 0 Å². The van der Waals surface area contributed by atoms with Gasteiger partial charge in [-0.1, -0.05) is 18.2 Å². The topological polar surface area (TPSA) is 81.8 Å². The van der Waals surface area contributed by atoms with E-state index in [1.54, 1.807) is 18.3 Å². The van der Waals surface area contributed by atoms with Crippen molar-refractivity contribution in [2.24, 2.45) is 0 Å². The number of fused-ring (bicyclic) bond motifs is 1. The highest BCUT2D eigenvalue weighted by Gasteiger charge is 2.26. The molecule has 0 aliphatic heterocycles. The number of benzene rings is 1. The van der Waals surface area contributed by atoms with Gasteiger partial charge >= 0.3 is 5.69 Å². The minimum atomic E-state index is -0.317. The van der Waals surface area contributed by atoms with Crippen LogP contribution >= 0.6 is 11.3 Å². The minimum Gasteiger partial charge on any atom is -0.346 e. The van der Waals surface area contributed by atoms with Gasteiger partial charge in [0, 0.05) is 4.88 Å². The molecule has 0 saturated heterocycles. The summed E-state index contributed by atoms with van der Waals surface area (Å²) in [5.41, 5.74) is 1.35. The lowest BCUT2D eigenvalue weighted by molar-refractivity contribution is -0.122. The van der Waals surface area contributed by atoms with Crippen molar-refractivity contribution in [3.63, 3.8) is 0 Å². The normalized spacial score (nSPS) is 16.1. The number of hydrogen-bond acceptors (Lipinski definition) is 5. The van der Waals surface area contributed by atoms with Crippen molar-refractivity contribution in [3.05, 3.63) is 62.2 Å². The highest BCUT2D eigenvalue weighted by molar-refractivity contribution is 7.11. The summed E-state index contributed by atoms with van der Waals surface area (Å²) in [5.74, 6) is 0.309. The van der Waals surface area contributed by atoms with Gasteiger partial charge in [0.2, 0.25) is 5.91 Å². The van der Waals surface area contributed by atoms with E-state index in [9.17, 15) is 9.59 Å². The summed E-state index contributed by atoms with van der Waals surface area (Å²) in [6, 6.07) is 9.12. The molecule has 140 valence electrons. The van der Waals surface area contributed by atoms with Gasteiger partial charge < -0.3 is 5.32 Å². The van der Waals surface area contributed by atoms with Crippen molar-refractivity contribution in [3.8, 4) is 5.69 Å². The van der Waals surface area contributed by atoms with Crippen LogP contribution in [0.3, 0.4) is 0 Å². The highest BCUT2D eigenvalue weighted by atomic mass is 32.1. The van der Waals surface area contributed by atoms with Crippen LogP contribution in [0.1, 0.15) is 40.3 Å². The van der Waals surface area contributed by atoms with Gasteiger partial charge in [-0.15, -0.1) is 11.3 Å². The molecular weight excluding hydrogens is 362 g/mol. The average Bonchev–Trinajstić information content (AvgIpc) is 3.17. The first kappa shape index (κ1) is 17.7. The maximum atomic E-state index is 12.7. The first-order valence-electron chi connectivity index (χ1n) is 9.00. The Morgan fingerprint density at radius 3 is 2.85 bits per heavy atom. The summed E-state index contributed by atoms with van der Waals surface area (Å²) in [5, 5.41) is 8.37. The molecule has 4 rings (SSSR count). The first-order chi connectivity index (χ1) is 13.0. The van der Waals surface area contributed by atoms with Gasteiger partial charge in [0.15, 0.2) is 0 Å². The fourth-order valence-corrected chi connectivity index (χ4v) is 4.52. The molecule has 3 aromatic rings. The number of nitrogens with zero attached hydrogens (tertiary/aromatic N) is 4. The SMILES string of the molecule is Cc1nc2c(s1)CCC[C@H]2NC(=O)Cn1c(C)nn(-c2ccccc2)c1=O. The number of para-hydroxylation sites is 1. The zero-order chi connectivity index (χ0) is 19.0. The van der Waals surface area contributed by atoms with Crippen LogP contribution in [0.15, 0.2) is 35.1 Å². The number of amides is 1. The molecule has 1 aromatic carbocycles. The molecule has 0 unspecified atom stereocenters. The van der Waals surface area contributed by atoms with E-state index in [1.165, 1.54) is 14.1 Å². The number of nitrogens with one attached hydrogen (secondary N) is 1. The smallest absolute Gasteiger partial charge is 0.346 e. The molecule has 0 saturated carbocycles. The lowest BCUT2D eigenvalue weighted by Gasteiger charge is -2.22. The van der Waals surface area contributed by atoms with E-state index in [0.29, 0.717) is 11.5 Å². The summed E-state index contributed by atoms with van der Waals surface area (Å²) in [7, 11) is 0. The van der Waals surface area contributed by atoms with E-state index in [0.717, 1.165) is 30.0 Å². The molecular formula is C19H21N5O2S. The number of hydrogen-bond donors (Lipinski definition) is 1. The van der Waals surface area contributed by atoms with Crippen molar-refractivity contribution < 1.29 is 4.79 Å². The quantitative estimate of drug-likeness (QED) is 0.749. The third-order valence-electron chi connectivity index (χ3n) is 4.75. The summed E-state index contributed by atoms with van der Waals surface area (Å²) in [4.78, 5) is 31.2. The number of rotatable bonds is 4. The standard InChI is InChI=1S/C19H21N5O2S/c1-12-22-24(14-7-4-3-5-8-14)19(26)23(12)11-17(25)21-15-9-6-10-16-18(15)20-13(2)27-16/h3-5,7-8,15H,6,9-11H2,1-2H3,(H,21,25)/t15-/m1/s1. The minimum absolute atomic E-state index is 0.0492. The van der Waals surface area contributed by atoms with Crippen molar-refractivity contribution in [2.45, 2.75) is 45.7 Å². The second-order valence-electron chi connectivity index (χ2n) is 6.72. The predicted octanol–water partition coefficient (Wildman–Crippen LogP) is 2.30. The zero-order valence-electron chi connectivity index (χ0n) is 15.3. The molecule has 27 heavy (non-hydrogen) atoms. The Morgan fingerprint density at radius 1 is 1.30 bits per heavy atom. The van der Waals surface area contributed by atoms with Crippen LogP contribution in [0, 0.1) is 13.8 Å². The van der Waals surface area contributed by atoms with Crippen LogP contribution in [-0.4, -0.2) is 25.2 Å². The van der Waals surface area contributed by atoms with Gasteiger partial charge in [-0.2, -0.15) is 9.78 Å². The van der Waals surface area contributed by atoms with Gasteiger partial charge in [0.05, 0.1) is 22.4 Å². The fraction of sp³-hybridized carbons (Fsp3) is 0.368. The maximum absolute atomic E-state index is 12.7. The van der Waals surface area contributed by atoms with Crippen molar-refractivity contribution in [2.75, 3.05) is 0 Å². The molecule has 2 heterocycles. The number of carbonyl (C=O) groups is 1. The Kier molecular flexibility index (Phi) is 4.65. The van der Waals surface area contributed by atoms with Gasteiger partial charge in [-0.05, 0) is 45.2 Å². The summed E-state index contributed by atoms with van der Waals surface area (Å²) in [6.07, 6.45) is 2.93. The first-order valence-corrected chi connectivity index (χ1v) is 9.82. The Bertz CT molecular complexity index is 1030. The Hall–Kier alpha value is -2.74. The summed E-state index contributed by atoms with van der Waals surface area (Å²) >= 11 is 1.70. The third-order valence-corrected chi connectivity index (χ3v) is 5.79. The van der Waals surface area contributed by atoms with Crippen LogP contribution in [-0.2, 0) is 17.8 Å². The van der Waals surface area contributed by atoms with Crippen LogP contribution < -0.4 is 11.0 Å². The van der Waals surface area contributed by atoms with Gasteiger partial charge in [-0.25, -0.2) is 9.78 Å². The number of carbonyl (C=O) groups excluding carboxylic acids is 1. The molecule has 0 spiro atoms. The number of thiazole rings is 1. The maximum Gasteiger partial charge on any atom is 0.351 e. The monoisotopic (exact) mass is 383 g/mol. The van der Waals surface area contributed by atoms with Crippen LogP contribution in [0.25, 0.3) is 5.69 Å². The van der Waals surface area contributed by atoms with Crippen molar-refractivity contribution in [1.82, 2.24) is 24.6 Å². The second kappa shape index (κ2) is 7.11. The fourth-order valence-electron chi connectivity index (χ4n) is 3.48. The van der Waals surface area contributed by atoms with E-state index in [-0.39, 0.29) is 24.2 Å². The highest BCUT2D eigenvalue weighted by Crippen LogP contribution is 2.32. The Labute approximate surface area is 160 Å². The predicted molar refractivity (Wildman–Crippen MR) is 103 cm³/mol. The number of aromatic nitrogens is 4. The molecule has 0 bridgehead atoms. The second-order valence-corrected chi connectivity index (χ2v) is 8.00. The van der Waals surface area contributed by atoms with Crippen LogP contribution in [0.4, 0.5) is 0 Å². The lowest BCUT2D eigenvalue weighted by atomic mass is 9.97. The molecule has 1 aliphatic carbocycles. The van der Waals surface area contributed by atoms with Crippen LogP contribution in [0.2, 0.25) is 0 Å².